The summed E-state index contributed by atoms with van der Waals surface area (Å²) in [5.41, 5.74) is 8.96. The van der Waals surface area contributed by atoms with Gasteiger partial charge in [0.05, 0.1) is 5.41 Å². The minimum Gasteiger partial charge on any atom is -0.325 e. The second kappa shape index (κ2) is 3.33. The molecule has 0 saturated heterocycles. The highest BCUT2D eigenvalue weighted by Crippen LogP contribution is 2.43. The minimum absolute atomic E-state index is 0.0737. The number of rotatable bonds is 2. The fourth-order valence-corrected chi connectivity index (χ4v) is 2.52. The van der Waals surface area contributed by atoms with E-state index in [0.717, 1.165) is 16.8 Å². The van der Waals surface area contributed by atoms with Crippen LogP contribution in [0.1, 0.15) is 43.9 Å². The molecule has 0 bridgehead atoms. The Morgan fingerprint density at radius 1 is 1.41 bits per heavy atom. The van der Waals surface area contributed by atoms with Crippen LogP contribution < -0.4 is 11.1 Å². The van der Waals surface area contributed by atoms with E-state index < -0.39 is 5.41 Å². The molecule has 1 fully saturated rings. The van der Waals surface area contributed by atoms with Crippen molar-refractivity contribution in [1.82, 2.24) is 0 Å². The molecule has 0 spiro atoms. The van der Waals surface area contributed by atoms with Crippen molar-refractivity contribution in [2.45, 2.75) is 38.1 Å². The van der Waals surface area contributed by atoms with Gasteiger partial charge in [0, 0.05) is 11.7 Å². The molecule has 1 unspecified atom stereocenters. The minimum atomic E-state index is -0.436. The largest absolute Gasteiger partial charge is 0.325 e. The zero-order chi connectivity index (χ0) is 12.2. The third kappa shape index (κ3) is 1.57. The van der Waals surface area contributed by atoms with E-state index >= 15 is 0 Å². The third-order valence-corrected chi connectivity index (χ3v) is 4.05. The molecule has 0 radical (unpaired) electrons. The molecule has 1 aliphatic heterocycles. The average Bonchev–Trinajstić information content (AvgIpc) is 3.09. The average molecular weight is 230 g/mol. The summed E-state index contributed by atoms with van der Waals surface area (Å²) < 4.78 is 0. The van der Waals surface area contributed by atoms with Crippen molar-refractivity contribution < 1.29 is 4.79 Å². The van der Waals surface area contributed by atoms with Crippen LogP contribution in [0.2, 0.25) is 0 Å². The predicted octanol–water partition coefficient (Wildman–Crippen LogP) is 2.33. The second-order valence-corrected chi connectivity index (χ2v) is 5.75. The lowest BCUT2D eigenvalue weighted by molar-refractivity contribution is -0.119. The lowest BCUT2D eigenvalue weighted by atomic mass is 9.84. The summed E-state index contributed by atoms with van der Waals surface area (Å²) in [6, 6.07) is 6.27. The van der Waals surface area contributed by atoms with Crippen molar-refractivity contribution in [2.24, 2.45) is 11.7 Å². The molecule has 3 rings (SSSR count). The summed E-state index contributed by atoms with van der Waals surface area (Å²) in [6.45, 7) is 3.92. The zero-order valence-electron chi connectivity index (χ0n) is 10.3. The van der Waals surface area contributed by atoms with Crippen molar-refractivity contribution in [3.63, 3.8) is 0 Å². The first-order valence-electron chi connectivity index (χ1n) is 6.21. The molecule has 1 aromatic rings. The molecule has 90 valence electrons. The second-order valence-electron chi connectivity index (χ2n) is 5.75. The van der Waals surface area contributed by atoms with Crippen molar-refractivity contribution in [1.29, 1.82) is 0 Å². The number of benzene rings is 1. The molecule has 1 amide bonds. The van der Waals surface area contributed by atoms with E-state index in [1.54, 1.807) is 0 Å². The first-order valence-corrected chi connectivity index (χ1v) is 6.21. The molecule has 1 atom stereocenters. The summed E-state index contributed by atoms with van der Waals surface area (Å²) in [5, 5.41) is 2.92. The number of carbonyl (C=O) groups is 1. The zero-order valence-corrected chi connectivity index (χ0v) is 10.3. The Bertz CT molecular complexity index is 489. The summed E-state index contributed by atoms with van der Waals surface area (Å²) >= 11 is 0. The van der Waals surface area contributed by atoms with Crippen molar-refractivity contribution in [3.8, 4) is 0 Å². The van der Waals surface area contributed by atoms with Crippen LogP contribution in [0.3, 0.4) is 0 Å². The van der Waals surface area contributed by atoms with Gasteiger partial charge >= 0.3 is 0 Å². The number of fused-ring (bicyclic) bond motifs is 1. The van der Waals surface area contributed by atoms with Gasteiger partial charge < -0.3 is 11.1 Å². The molecule has 3 nitrogen and oxygen atoms in total. The number of nitrogens with one attached hydrogen (secondary N) is 1. The van der Waals surface area contributed by atoms with Gasteiger partial charge in [-0.15, -0.1) is 0 Å². The SMILES string of the molecule is CC1(C)C(=O)Nc2ccc(C(N)C3CC3)cc21. The Hall–Kier alpha value is -1.35. The summed E-state index contributed by atoms with van der Waals surface area (Å²) in [5.74, 6) is 0.714. The predicted molar refractivity (Wildman–Crippen MR) is 67.8 cm³/mol. The van der Waals surface area contributed by atoms with Crippen LogP contribution >= 0.6 is 0 Å². The lowest BCUT2D eigenvalue weighted by Gasteiger charge is -2.18. The van der Waals surface area contributed by atoms with Gasteiger partial charge in [0.15, 0.2) is 0 Å². The highest BCUT2D eigenvalue weighted by atomic mass is 16.2. The molecular weight excluding hydrogens is 212 g/mol. The van der Waals surface area contributed by atoms with E-state index in [1.165, 1.54) is 12.8 Å². The fourth-order valence-electron chi connectivity index (χ4n) is 2.52. The van der Waals surface area contributed by atoms with Crippen molar-refractivity contribution in [2.75, 3.05) is 5.32 Å². The fraction of sp³-hybridized carbons (Fsp3) is 0.500. The van der Waals surface area contributed by atoms with Crippen LogP contribution in [0.4, 0.5) is 5.69 Å². The highest BCUT2D eigenvalue weighted by Gasteiger charge is 2.39. The van der Waals surface area contributed by atoms with Crippen molar-refractivity contribution in [3.05, 3.63) is 29.3 Å². The van der Waals surface area contributed by atoms with E-state index in [2.05, 4.69) is 11.4 Å². The topological polar surface area (TPSA) is 55.1 Å². The summed E-state index contributed by atoms with van der Waals surface area (Å²) in [6.07, 6.45) is 2.47. The normalized spacial score (nSPS) is 23.1. The van der Waals surface area contributed by atoms with Gasteiger partial charge in [-0.2, -0.15) is 0 Å². The Labute approximate surface area is 101 Å². The molecule has 1 aliphatic carbocycles. The van der Waals surface area contributed by atoms with Gasteiger partial charge in [0.1, 0.15) is 0 Å². The maximum Gasteiger partial charge on any atom is 0.234 e. The molecule has 17 heavy (non-hydrogen) atoms. The number of anilines is 1. The van der Waals surface area contributed by atoms with E-state index in [1.807, 2.05) is 26.0 Å². The molecule has 0 aromatic heterocycles. The first-order chi connectivity index (χ1) is 8.00. The Morgan fingerprint density at radius 2 is 2.12 bits per heavy atom. The monoisotopic (exact) mass is 230 g/mol. The van der Waals surface area contributed by atoms with Gasteiger partial charge in [0.2, 0.25) is 5.91 Å². The smallest absolute Gasteiger partial charge is 0.234 e. The van der Waals surface area contributed by atoms with Crippen LogP contribution in [0.15, 0.2) is 18.2 Å². The van der Waals surface area contributed by atoms with Crippen LogP contribution in [0, 0.1) is 5.92 Å². The van der Waals surface area contributed by atoms with Gasteiger partial charge in [-0.3, -0.25) is 4.79 Å². The summed E-state index contributed by atoms with van der Waals surface area (Å²) in [7, 11) is 0. The van der Waals surface area contributed by atoms with Gasteiger partial charge in [-0.25, -0.2) is 0 Å². The molecule has 3 N–H and O–H groups in total. The van der Waals surface area contributed by atoms with Gasteiger partial charge in [-0.1, -0.05) is 12.1 Å². The van der Waals surface area contributed by atoms with Crippen LogP contribution in [0.5, 0.6) is 0 Å². The number of amides is 1. The standard InChI is InChI=1S/C14H18N2O/c1-14(2)10-7-9(12(15)8-3-4-8)5-6-11(10)16-13(14)17/h5-8,12H,3-4,15H2,1-2H3,(H,16,17). The van der Waals surface area contributed by atoms with Gasteiger partial charge in [0.25, 0.3) is 0 Å². The van der Waals surface area contributed by atoms with Gasteiger partial charge in [-0.05, 0) is 49.8 Å². The molecule has 1 saturated carbocycles. The molecule has 1 heterocycles. The quantitative estimate of drug-likeness (QED) is 0.819. The first kappa shape index (κ1) is 10.8. The van der Waals surface area contributed by atoms with E-state index in [0.29, 0.717) is 5.92 Å². The van der Waals surface area contributed by atoms with Crippen LogP contribution in [-0.4, -0.2) is 5.91 Å². The van der Waals surface area contributed by atoms with Crippen molar-refractivity contribution >= 4 is 11.6 Å². The third-order valence-electron chi connectivity index (χ3n) is 4.05. The maximum atomic E-state index is 11.8. The Balaban J connectivity index is 2.02. The molecule has 1 aromatic carbocycles. The van der Waals surface area contributed by atoms with E-state index in [9.17, 15) is 4.79 Å². The lowest BCUT2D eigenvalue weighted by Crippen LogP contribution is -2.27. The van der Waals surface area contributed by atoms with E-state index in [4.69, 9.17) is 5.73 Å². The number of hydrogen-bond donors (Lipinski definition) is 2. The molecule has 3 heteroatoms. The highest BCUT2D eigenvalue weighted by molar-refractivity contribution is 6.05. The number of nitrogens with two attached hydrogens (primary N) is 1. The number of carbonyl (C=O) groups excluding carboxylic acids is 1. The van der Waals surface area contributed by atoms with E-state index in [-0.39, 0.29) is 11.9 Å². The molecule has 2 aliphatic rings. The Morgan fingerprint density at radius 3 is 2.76 bits per heavy atom. The number of hydrogen-bond acceptors (Lipinski definition) is 2. The van der Waals surface area contributed by atoms with Crippen LogP contribution in [0.25, 0.3) is 0 Å². The molecular formula is C14H18N2O. The van der Waals surface area contributed by atoms with Crippen LogP contribution in [-0.2, 0) is 10.2 Å². The Kier molecular flexibility index (Phi) is 2.11. The maximum absolute atomic E-state index is 11.8. The summed E-state index contributed by atoms with van der Waals surface area (Å²) in [4.78, 5) is 11.8.